The van der Waals surface area contributed by atoms with Gasteiger partial charge in [-0.15, -0.1) is 0 Å². The summed E-state index contributed by atoms with van der Waals surface area (Å²) < 4.78 is 42.7. The average molecular weight is 247 g/mol. The molecule has 0 spiro atoms. The second kappa shape index (κ2) is 5.56. The number of ether oxygens (including phenoxy) is 1. The number of alkyl halides is 3. The summed E-state index contributed by atoms with van der Waals surface area (Å²) in [6, 6.07) is 1.14. The lowest BCUT2D eigenvalue weighted by molar-refractivity contribution is 0.0596. The highest BCUT2D eigenvalue weighted by Crippen LogP contribution is 2.28. The number of carbonyl (C=O) groups excluding carboxylic acids is 1. The Morgan fingerprint density at radius 1 is 1.24 bits per heavy atom. The van der Waals surface area contributed by atoms with Crippen LogP contribution >= 0.6 is 0 Å². The van der Waals surface area contributed by atoms with Crippen LogP contribution in [0.15, 0.2) is 6.07 Å². The Morgan fingerprint density at radius 2 is 1.82 bits per heavy atom. The van der Waals surface area contributed by atoms with Crippen molar-refractivity contribution in [3.05, 3.63) is 28.3 Å². The predicted molar refractivity (Wildman–Crippen MR) is 56.6 cm³/mol. The third-order valence-electron chi connectivity index (χ3n) is 2.47. The Balaban J connectivity index is 3.58. The van der Waals surface area contributed by atoms with E-state index in [9.17, 15) is 18.0 Å². The minimum absolute atomic E-state index is 0.0670. The summed E-state index contributed by atoms with van der Waals surface area (Å²) >= 11 is 0. The molecule has 0 amide bonds. The normalized spacial score (nSPS) is 10.4. The van der Waals surface area contributed by atoms with Crippen LogP contribution in [-0.2, 0) is 24.8 Å². The monoisotopic (exact) mass is 247 g/mol. The van der Waals surface area contributed by atoms with Crippen LogP contribution in [0.3, 0.4) is 0 Å². The van der Waals surface area contributed by atoms with Gasteiger partial charge in [0.2, 0.25) is 0 Å². The third-order valence-corrected chi connectivity index (χ3v) is 2.47. The molecule has 0 aliphatic heterocycles. The molecule has 1 rings (SSSR count). The Kier molecular flexibility index (Phi) is 4.37. The van der Waals surface area contributed by atoms with Gasteiger partial charge in [0.15, 0.2) is 0 Å². The first-order valence-corrected chi connectivity index (χ1v) is 4.79. The Morgan fingerprint density at radius 3 is 2.24 bits per heavy atom. The highest BCUT2D eigenvalue weighted by Gasteiger charge is 2.22. The van der Waals surface area contributed by atoms with Crippen molar-refractivity contribution in [3.63, 3.8) is 0 Å². The molecule has 0 aliphatic rings. The molecular weight excluding hydrogens is 235 g/mol. The summed E-state index contributed by atoms with van der Waals surface area (Å²) in [6.45, 7) is -3.12. The molecule has 0 unspecified atom stereocenters. The first kappa shape index (κ1) is 13.3. The summed E-state index contributed by atoms with van der Waals surface area (Å²) in [4.78, 5) is 11.5. The van der Waals surface area contributed by atoms with Crippen molar-refractivity contribution in [1.29, 1.82) is 0 Å². The van der Waals surface area contributed by atoms with E-state index < -0.39 is 26.0 Å². The minimum atomic E-state index is -1.09. The van der Waals surface area contributed by atoms with Crippen molar-refractivity contribution >= 4 is 11.7 Å². The van der Waals surface area contributed by atoms with E-state index in [-0.39, 0.29) is 27.9 Å². The van der Waals surface area contributed by atoms with Crippen LogP contribution in [0, 0.1) is 0 Å². The van der Waals surface area contributed by atoms with Crippen LogP contribution in [0.1, 0.15) is 27.0 Å². The van der Waals surface area contributed by atoms with Gasteiger partial charge >= 0.3 is 5.97 Å². The molecule has 1 aromatic carbocycles. The smallest absolute Gasteiger partial charge is 0.338 e. The molecule has 2 N–H and O–H groups in total. The highest BCUT2D eigenvalue weighted by molar-refractivity contribution is 5.94. The van der Waals surface area contributed by atoms with E-state index in [0.29, 0.717) is 0 Å². The van der Waals surface area contributed by atoms with E-state index >= 15 is 0 Å². The minimum Gasteiger partial charge on any atom is -0.465 e. The van der Waals surface area contributed by atoms with Crippen LogP contribution in [0.25, 0.3) is 0 Å². The van der Waals surface area contributed by atoms with Crippen LogP contribution in [-0.4, -0.2) is 13.1 Å². The largest absolute Gasteiger partial charge is 0.465 e. The number of rotatable bonds is 4. The van der Waals surface area contributed by atoms with E-state index in [0.717, 1.165) is 13.2 Å². The van der Waals surface area contributed by atoms with Crippen molar-refractivity contribution in [3.8, 4) is 0 Å². The fraction of sp³-hybridized carbons (Fsp3) is 0.364. The quantitative estimate of drug-likeness (QED) is 0.656. The summed E-state index contributed by atoms with van der Waals surface area (Å²) in [7, 11) is 1.07. The zero-order chi connectivity index (χ0) is 13.0. The molecular formula is C11H12F3NO2. The lowest BCUT2D eigenvalue weighted by Crippen LogP contribution is -2.13. The predicted octanol–water partition coefficient (Wildman–Crippen LogP) is 2.46. The van der Waals surface area contributed by atoms with Crippen molar-refractivity contribution in [2.24, 2.45) is 0 Å². The molecule has 17 heavy (non-hydrogen) atoms. The van der Waals surface area contributed by atoms with Gasteiger partial charge in [-0.3, -0.25) is 0 Å². The number of carbonyl (C=O) groups is 1. The van der Waals surface area contributed by atoms with Gasteiger partial charge in [0.05, 0.1) is 12.7 Å². The molecule has 1 aromatic rings. The maximum Gasteiger partial charge on any atom is 0.338 e. The van der Waals surface area contributed by atoms with E-state index in [2.05, 4.69) is 4.74 Å². The number of hydrogen-bond acceptors (Lipinski definition) is 3. The Bertz CT molecular complexity index is 435. The van der Waals surface area contributed by atoms with Gasteiger partial charge in [-0.1, -0.05) is 0 Å². The topological polar surface area (TPSA) is 52.3 Å². The molecule has 0 bridgehead atoms. The maximum atomic E-state index is 12.8. The standard InChI is InChI=1S/C11H12F3NO2/c1-17-11(16)10-7(4-13)6(3-12)2-9(15)8(10)5-14/h2H,3-5,15H2,1H3. The summed E-state index contributed by atoms with van der Waals surface area (Å²) in [5.41, 5.74) is 4.65. The number of hydrogen-bond donors (Lipinski definition) is 1. The number of halogens is 3. The highest BCUT2D eigenvalue weighted by atomic mass is 19.1. The fourth-order valence-electron chi connectivity index (χ4n) is 1.61. The van der Waals surface area contributed by atoms with Gasteiger partial charge in [-0.05, 0) is 11.6 Å². The second-order valence-electron chi connectivity index (χ2n) is 3.35. The van der Waals surface area contributed by atoms with Crippen LogP contribution in [0.2, 0.25) is 0 Å². The van der Waals surface area contributed by atoms with Gasteiger partial charge in [0.1, 0.15) is 20.0 Å². The molecule has 0 aliphatic carbocycles. The van der Waals surface area contributed by atoms with Crippen molar-refractivity contribution < 1.29 is 22.7 Å². The Hall–Kier alpha value is -1.72. The number of nitrogens with two attached hydrogens (primary N) is 1. The Labute approximate surface area is 96.4 Å². The lowest BCUT2D eigenvalue weighted by Gasteiger charge is -2.14. The molecule has 0 aromatic heterocycles. The SMILES string of the molecule is COC(=O)c1c(CF)c(N)cc(CF)c1CF. The van der Waals surface area contributed by atoms with E-state index in [1.165, 1.54) is 0 Å². The zero-order valence-electron chi connectivity index (χ0n) is 9.23. The van der Waals surface area contributed by atoms with Crippen LogP contribution in [0.4, 0.5) is 18.9 Å². The maximum absolute atomic E-state index is 12.8. The van der Waals surface area contributed by atoms with E-state index in [4.69, 9.17) is 5.73 Å². The van der Waals surface area contributed by atoms with Crippen molar-refractivity contribution in [2.45, 2.75) is 20.0 Å². The first-order valence-electron chi connectivity index (χ1n) is 4.79. The van der Waals surface area contributed by atoms with Crippen LogP contribution in [0.5, 0.6) is 0 Å². The molecule has 3 nitrogen and oxygen atoms in total. The third kappa shape index (κ3) is 2.35. The van der Waals surface area contributed by atoms with Gasteiger partial charge in [-0.25, -0.2) is 18.0 Å². The number of methoxy groups -OCH3 is 1. The lowest BCUT2D eigenvalue weighted by atomic mass is 9.95. The van der Waals surface area contributed by atoms with E-state index in [1.54, 1.807) is 0 Å². The summed E-state index contributed by atoms with van der Waals surface area (Å²) in [5, 5.41) is 0. The molecule has 6 heteroatoms. The molecule has 0 fully saturated rings. The number of anilines is 1. The van der Waals surface area contributed by atoms with Gasteiger partial charge < -0.3 is 10.5 Å². The van der Waals surface area contributed by atoms with Crippen LogP contribution < -0.4 is 5.73 Å². The molecule has 0 heterocycles. The number of nitrogen functional groups attached to an aromatic ring is 1. The molecule has 0 saturated heterocycles. The average Bonchev–Trinajstić information content (AvgIpc) is 2.36. The molecule has 94 valence electrons. The second-order valence-corrected chi connectivity index (χ2v) is 3.35. The molecule has 0 atom stereocenters. The number of esters is 1. The van der Waals surface area contributed by atoms with Gasteiger partial charge in [0, 0.05) is 16.8 Å². The van der Waals surface area contributed by atoms with Gasteiger partial charge in [0.25, 0.3) is 0 Å². The first-order chi connectivity index (χ1) is 8.10. The summed E-state index contributed by atoms with van der Waals surface area (Å²) in [5.74, 6) is -0.924. The van der Waals surface area contributed by atoms with Crippen molar-refractivity contribution in [2.75, 3.05) is 12.8 Å². The van der Waals surface area contributed by atoms with E-state index in [1.807, 2.05) is 0 Å². The van der Waals surface area contributed by atoms with Gasteiger partial charge in [-0.2, -0.15) is 0 Å². The van der Waals surface area contributed by atoms with Crippen molar-refractivity contribution in [1.82, 2.24) is 0 Å². The molecule has 0 saturated carbocycles. The summed E-state index contributed by atoms with van der Waals surface area (Å²) in [6.07, 6.45) is 0. The molecule has 0 radical (unpaired) electrons. The number of benzene rings is 1. The fourth-order valence-corrected chi connectivity index (χ4v) is 1.61. The zero-order valence-corrected chi connectivity index (χ0v) is 9.23.